The quantitative estimate of drug-likeness (QED) is 0.753. The minimum absolute atomic E-state index is 0.788. The summed E-state index contributed by atoms with van der Waals surface area (Å²) in [5.74, 6) is 0.788. The number of nitrogens with zero attached hydrogens (tertiary/aromatic N) is 4. The van der Waals surface area contributed by atoms with Crippen molar-refractivity contribution in [2.75, 3.05) is 7.05 Å². The minimum atomic E-state index is 0.788. The molecule has 3 aromatic rings. The number of fused-ring (bicyclic) bond motifs is 1. The van der Waals surface area contributed by atoms with Crippen LogP contribution in [0, 0.1) is 0 Å². The molecule has 2 heterocycles. The number of nitrogens with one attached hydrogen (secondary N) is 1. The molecule has 1 N–H and O–H groups in total. The molecule has 0 saturated heterocycles. The van der Waals surface area contributed by atoms with Gasteiger partial charge in [-0.3, -0.25) is 0 Å². The lowest BCUT2D eigenvalue weighted by Crippen LogP contribution is -2.07. The minimum Gasteiger partial charge on any atom is -0.316 e. The number of para-hydroxylation sites is 1. The van der Waals surface area contributed by atoms with Gasteiger partial charge in [-0.05, 0) is 36.9 Å². The van der Waals surface area contributed by atoms with Crippen molar-refractivity contribution in [3.8, 4) is 5.82 Å². The zero-order valence-corrected chi connectivity index (χ0v) is 10.0. The van der Waals surface area contributed by atoms with Gasteiger partial charge in [0.15, 0.2) is 5.82 Å². The molecule has 0 fully saturated rings. The molecule has 0 saturated carbocycles. The van der Waals surface area contributed by atoms with Crippen LogP contribution in [0.1, 0.15) is 5.56 Å². The summed E-state index contributed by atoms with van der Waals surface area (Å²) in [5.41, 5.74) is 3.01. The van der Waals surface area contributed by atoms with Crippen LogP contribution in [-0.4, -0.2) is 27.0 Å². The molecule has 5 nitrogen and oxygen atoms in total. The molecule has 5 heteroatoms. The Bertz CT molecular complexity index is 674. The van der Waals surface area contributed by atoms with Crippen LogP contribution in [0.2, 0.25) is 0 Å². The van der Waals surface area contributed by atoms with Crippen LogP contribution >= 0.6 is 0 Å². The number of hydrogen-bond donors (Lipinski definition) is 1. The summed E-state index contributed by atoms with van der Waals surface area (Å²) >= 11 is 0. The second-order valence-corrected chi connectivity index (χ2v) is 4.04. The van der Waals surface area contributed by atoms with Crippen LogP contribution in [-0.2, 0) is 6.54 Å². The first kappa shape index (κ1) is 10.9. The van der Waals surface area contributed by atoms with Gasteiger partial charge < -0.3 is 5.32 Å². The monoisotopic (exact) mass is 239 g/mol. The van der Waals surface area contributed by atoms with E-state index >= 15 is 0 Å². The molecule has 0 atom stereocenters. The summed E-state index contributed by atoms with van der Waals surface area (Å²) in [6.07, 6.45) is 1.79. The van der Waals surface area contributed by atoms with Gasteiger partial charge in [-0.15, -0.1) is 5.10 Å². The van der Waals surface area contributed by atoms with Gasteiger partial charge in [0.1, 0.15) is 5.52 Å². The molecular weight excluding hydrogens is 226 g/mol. The second-order valence-electron chi connectivity index (χ2n) is 4.04. The normalized spacial score (nSPS) is 10.9. The Morgan fingerprint density at radius 1 is 1.22 bits per heavy atom. The van der Waals surface area contributed by atoms with Crippen LogP contribution in [0.15, 0.2) is 42.6 Å². The van der Waals surface area contributed by atoms with E-state index < -0.39 is 0 Å². The van der Waals surface area contributed by atoms with E-state index in [-0.39, 0.29) is 0 Å². The lowest BCUT2D eigenvalue weighted by atomic mass is 10.2. The Kier molecular flexibility index (Phi) is 2.74. The molecule has 0 aliphatic carbocycles. The summed E-state index contributed by atoms with van der Waals surface area (Å²) in [6.45, 7) is 0.808. The van der Waals surface area contributed by atoms with Gasteiger partial charge in [0.2, 0.25) is 0 Å². The predicted octanol–water partition coefficient (Wildman–Crippen LogP) is 1.53. The molecule has 0 radical (unpaired) electrons. The molecular formula is C13H13N5. The third-order valence-electron chi connectivity index (χ3n) is 2.76. The van der Waals surface area contributed by atoms with Crippen molar-refractivity contribution in [3.63, 3.8) is 0 Å². The highest BCUT2D eigenvalue weighted by Gasteiger charge is 2.06. The van der Waals surface area contributed by atoms with Gasteiger partial charge in [0, 0.05) is 12.7 Å². The highest BCUT2D eigenvalue weighted by molar-refractivity contribution is 5.75. The summed E-state index contributed by atoms with van der Waals surface area (Å²) in [6, 6.07) is 11.8. The lowest BCUT2D eigenvalue weighted by molar-refractivity contribution is 0.784. The topological polar surface area (TPSA) is 55.6 Å². The summed E-state index contributed by atoms with van der Waals surface area (Å²) in [5, 5.41) is 11.4. The summed E-state index contributed by atoms with van der Waals surface area (Å²) in [4.78, 5) is 4.35. The summed E-state index contributed by atoms with van der Waals surface area (Å²) in [7, 11) is 1.92. The Morgan fingerprint density at radius 2 is 2.11 bits per heavy atom. The third-order valence-corrected chi connectivity index (χ3v) is 2.76. The number of benzene rings is 1. The van der Waals surface area contributed by atoms with Crippen LogP contribution in [0.3, 0.4) is 0 Å². The molecule has 90 valence electrons. The fraction of sp³-hybridized carbons (Fsp3) is 0.154. The maximum Gasteiger partial charge on any atom is 0.156 e. The fourth-order valence-electron chi connectivity index (χ4n) is 1.93. The van der Waals surface area contributed by atoms with Gasteiger partial charge in [0.05, 0.1) is 5.52 Å². The Balaban J connectivity index is 2.11. The van der Waals surface area contributed by atoms with E-state index in [2.05, 4.69) is 20.6 Å². The van der Waals surface area contributed by atoms with Crippen LogP contribution in [0.25, 0.3) is 16.9 Å². The number of hydrogen-bond acceptors (Lipinski definition) is 4. The van der Waals surface area contributed by atoms with Gasteiger partial charge in [-0.2, -0.15) is 4.68 Å². The van der Waals surface area contributed by atoms with Gasteiger partial charge in [-0.1, -0.05) is 17.3 Å². The van der Waals surface area contributed by atoms with Gasteiger partial charge in [-0.25, -0.2) is 4.98 Å². The molecule has 0 aliphatic rings. The zero-order chi connectivity index (χ0) is 12.4. The van der Waals surface area contributed by atoms with Crippen molar-refractivity contribution < 1.29 is 0 Å². The number of pyridine rings is 1. The van der Waals surface area contributed by atoms with E-state index in [0.717, 1.165) is 23.4 Å². The molecule has 18 heavy (non-hydrogen) atoms. The van der Waals surface area contributed by atoms with Crippen LogP contribution in [0.5, 0.6) is 0 Å². The molecule has 0 aliphatic heterocycles. The van der Waals surface area contributed by atoms with Gasteiger partial charge >= 0.3 is 0 Å². The van der Waals surface area contributed by atoms with Crippen molar-refractivity contribution in [1.29, 1.82) is 0 Å². The van der Waals surface area contributed by atoms with E-state index in [1.54, 1.807) is 10.9 Å². The maximum absolute atomic E-state index is 4.35. The van der Waals surface area contributed by atoms with E-state index in [4.69, 9.17) is 0 Å². The maximum atomic E-state index is 4.35. The predicted molar refractivity (Wildman–Crippen MR) is 69.4 cm³/mol. The number of aromatic nitrogens is 4. The Hall–Kier alpha value is -2.27. The molecule has 0 unspecified atom stereocenters. The lowest BCUT2D eigenvalue weighted by Gasteiger charge is -2.04. The Morgan fingerprint density at radius 3 is 3.00 bits per heavy atom. The first-order chi connectivity index (χ1) is 8.88. The van der Waals surface area contributed by atoms with Gasteiger partial charge in [0.25, 0.3) is 0 Å². The van der Waals surface area contributed by atoms with E-state index in [1.807, 2.05) is 43.4 Å². The molecule has 0 amide bonds. The van der Waals surface area contributed by atoms with E-state index in [1.165, 1.54) is 5.56 Å². The zero-order valence-electron chi connectivity index (χ0n) is 10.0. The molecule has 1 aromatic carbocycles. The third kappa shape index (κ3) is 1.84. The average Bonchev–Trinajstić information content (AvgIpc) is 2.83. The fourth-order valence-corrected chi connectivity index (χ4v) is 1.93. The second kappa shape index (κ2) is 4.54. The van der Waals surface area contributed by atoms with Crippen molar-refractivity contribution in [1.82, 2.24) is 25.3 Å². The largest absolute Gasteiger partial charge is 0.316 e. The average molecular weight is 239 g/mol. The van der Waals surface area contributed by atoms with Crippen molar-refractivity contribution >= 4 is 11.0 Å². The molecule has 2 aromatic heterocycles. The SMILES string of the molecule is CNCc1ccnc(-n2nnc3ccccc32)c1. The Labute approximate surface area is 104 Å². The number of rotatable bonds is 3. The van der Waals surface area contributed by atoms with Crippen molar-refractivity contribution in [2.24, 2.45) is 0 Å². The first-order valence-corrected chi connectivity index (χ1v) is 5.79. The highest BCUT2D eigenvalue weighted by atomic mass is 15.4. The summed E-state index contributed by atoms with van der Waals surface area (Å²) < 4.78 is 1.76. The van der Waals surface area contributed by atoms with Crippen LogP contribution < -0.4 is 5.32 Å². The first-order valence-electron chi connectivity index (χ1n) is 5.79. The molecule has 0 bridgehead atoms. The van der Waals surface area contributed by atoms with Crippen molar-refractivity contribution in [3.05, 3.63) is 48.2 Å². The molecule has 0 spiro atoms. The smallest absolute Gasteiger partial charge is 0.156 e. The van der Waals surface area contributed by atoms with Crippen LogP contribution in [0.4, 0.5) is 0 Å². The molecule has 3 rings (SSSR count). The standard InChI is InChI=1S/C13H13N5/c1-14-9-10-6-7-15-13(8-10)18-12-5-3-2-4-11(12)16-17-18/h2-8,14H,9H2,1H3. The van der Waals surface area contributed by atoms with E-state index in [0.29, 0.717) is 0 Å². The van der Waals surface area contributed by atoms with E-state index in [9.17, 15) is 0 Å². The van der Waals surface area contributed by atoms with Crippen molar-refractivity contribution in [2.45, 2.75) is 6.54 Å². The highest BCUT2D eigenvalue weighted by Crippen LogP contribution is 2.14.